The third kappa shape index (κ3) is 4.13. The molecule has 0 spiro atoms. The van der Waals surface area contributed by atoms with Gasteiger partial charge >= 0.3 is 6.18 Å². The Labute approximate surface area is 133 Å². The fourth-order valence-electron chi connectivity index (χ4n) is 2.61. The van der Waals surface area contributed by atoms with Gasteiger partial charge in [0.2, 0.25) is 5.91 Å². The number of amides is 1. The Morgan fingerprint density at radius 2 is 1.83 bits per heavy atom. The Hall–Kier alpha value is -1.83. The molecule has 0 saturated carbocycles. The van der Waals surface area contributed by atoms with Gasteiger partial charge in [-0.25, -0.2) is 4.98 Å². The number of hydrogen-bond acceptors (Lipinski definition) is 4. The minimum Gasteiger partial charge on any atom is -0.354 e. The van der Waals surface area contributed by atoms with Crippen molar-refractivity contribution in [3.05, 3.63) is 23.9 Å². The van der Waals surface area contributed by atoms with Gasteiger partial charge in [-0.3, -0.25) is 9.69 Å². The van der Waals surface area contributed by atoms with Crippen LogP contribution in [0.1, 0.15) is 12.5 Å². The molecule has 1 aromatic rings. The van der Waals surface area contributed by atoms with Crippen LogP contribution >= 0.6 is 0 Å². The van der Waals surface area contributed by atoms with E-state index in [1.54, 1.807) is 19.0 Å². The average Bonchev–Trinajstić information content (AvgIpc) is 2.53. The molecule has 1 atom stereocenters. The van der Waals surface area contributed by atoms with Gasteiger partial charge in [0.1, 0.15) is 5.82 Å². The zero-order valence-corrected chi connectivity index (χ0v) is 13.5. The third-order valence-corrected chi connectivity index (χ3v) is 4.06. The summed E-state index contributed by atoms with van der Waals surface area (Å²) in [5.41, 5.74) is -0.745. The summed E-state index contributed by atoms with van der Waals surface area (Å²) in [4.78, 5) is 21.5. The van der Waals surface area contributed by atoms with Crippen molar-refractivity contribution in [1.82, 2.24) is 14.8 Å². The van der Waals surface area contributed by atoms with Gasteiger partial charge in [0.25, 0.3) is 0 Å². The van der Waals surface area contributed by atoms with E-state index in [4.69, 9.17) is 0 Å². The maximum atomic E-state index is 12.5. The number of hydrogen-bond donors (Lipinski definition) is 0. The van der Waals surface area contributed by atoms with Crippen LogP contribution in [0.2, 0.25) is 0 Å². The van der Waals surface area contributed by atoms with Crippen LogP contribution in [-0.2, 0) is 11.0 Å². The number of nitrogens with zero attached hydrogens (tertiary/aromatic N) is 4. The molecule has 0 radical (unpaired) electrons. The van der Waals surface area contributed by atoms with Gasteiger partial charge in [-0.1, -0.05) is 0 Å². The van der Waals surface area contributed by atoms with Crippen LogP contribution in [0.5, 0.6) is 0 Å². The number of halogens is 3. The van der Waals surface area contributed by atoms with Gasteiger partial charge in [0, 0.05) is 46.5 Å². The predicted molar refractivity (Wildman–Crippen MR) is 81.2 cm³/mol. The second-order valence-electron chi connectivity index (χ2n) is 5.83. The molecule has 0 aromatic carbocycles. The molecule has 1 saturated heterocycles. The quantitative estimate of drug-likeness (QED) is 0.846. The maximum Gasteiger partial charge on any atom is 0.417 e. The maximum absolute atomic E-state index is 12.5. The Bertz CT molecular complexity index is 537. The van der Waals surface area contributed by atoms with Crippen molar-refractivity contribution in [3.8, 4) is 0 Å². The number of carbonyl (C=O) groups excluding carboxylic acids is 1. The molecule has 0 bridgehead atoms. The smallest absolute Gasteiger partial charge is 0.354 e. The van der Waals surface area contributed by atoms with Crippen molar-refractivity contribution in [1.29, 1.82) is 0 Å². The fraction of sp³-hybridized carbons (Fsp3) is 0.600. The topological polar surface area (TPSA) is 39.7 Å². The molecule has 1 aliphatic rings. The zero-order chi connectivity index (χ0) is 17.2. The van der Waals surface area contributed by atoms with E-state index >= 15 is 0 Å². The molecule has 1 aliphatic heterocycles. The Balaban J connectivity index is 1.95. The van der Waals surface area contributed by atoms with Crippen LogP contribution in [0.25, 0.3) is 0 Å². The zero-order valence-electron chi connectivity index (χ0n) is 13.5. The molecule has 1 fully saturated rings. The Morgan fingerprint density at radius 1 is 1.22 bits per heavy atom. The van der Waals surface area contributed by atoms with E-state index < -0.39 is 11.7 Å². The molecule has 128 valence electrons. The summed E-state index contributed by atoms with van der Waals surface area (Å²) in [5, 5.41) is 0. The van der Waals surface area contributed by atoms with Crippen molar-refractivity contribution in [2.75, 3.05) is 45.2 Å². The normalized spacial score (nSPS) is 17.9. The summed E-state index contributed by atoms with van der Waals surface area (Å²) >= 11 is 0. The first kappa shape index (κ1) is 17.5. The average molecular weight is 330 g/mol. The highest BCUT2D eigenvalue weighted by atomic mass is 19.4. The monoisotopic (exact) mass is 330 g/mol. The van der Waals surface area contributed by atoms with E-state index in [-0.39, 0.29) is 11.9 Å². The largest absolute Gasteiger partial charge is 0.417 e. The number of carbonyl (C=O) groups is 1. The van der Waals surface area contributed by atoms with Crippen molar-refractivity contribution in [2.24, 2.45) is 0 Å². The summed E-state index contributed by atoms with van der Waals surface area (Å²) in [7, 11) is 3.45. The highest BCUT2D eigenvalue weighted by Gasteiger charge is 2.31. The highest BCUT2D eigenvalue weighted by Crippen LogP contribution is 2.29. The molecule has 2 rings (SSSR count). The minimum absolute atomic E-state index is 0.0473. The highest BCUT2D eigenvalue weighted by molar-refractivity contribution is 5.81. The van der Waals surface area contributed by atoms with Crippen LogP contribution in [0.15, 0.2) is 18.3 Å². The Morgan fingerprint density at radius 3 is 2.26 bits per heavy atom. The lowest BCUT2D eigenvalue weighted by Crippen LogP contribution is -2.53. The third-order valence-electron chi connectivity index (χ3n) is 4.06. The minimum atomic E-state index is -4.37. The van der Waals surface area contributed by atoms with Gasteiger partial charge in [-0.15, -0.1) is 0 Å². The standard InChI is InChI=1S/C15H21F3N4O/c1-11(14(23)20(2)3)21-6-8-22(9-7-21)13-5-4-12(10-19-13)15(16,17)18/h4-5,10-11H,6-9H2,1-3H3. The molecular formula is C15H21F3N4O. The molecular weight excluding hydrogens is 309 g/mol. The molecule has 23 heavy (non-hydrogen) atoms. The summed E-state index contributed by atoms with van der Waals surface area (Å²) in [6, 6.07) is 2.24. The number of alkyl halides is 3. The lowest BCUT2D eigenvalue weighted by Gasteiger charge is -2.38. The van der Waals surface area contributed by atoms with Crippen LogP contribution < -0.4 is 4.90 Å². The summed E-state index contributed by atoms with van der Waals surface area (Å²) in [5.74, 6) is 0.579. The van der Waals surface area contributed by atoms with E-state index in [1.807, 2.05) is 11.8 Å². The molecule has 1 aromatic heterocycles. The van der Waals surface area contributed by atoms with Crippen molar-refractivity contribution in [3.63, 3.8) is 0 Å². The second-order valence-corrected chi connectivity index (χ2v) is 5.83. The molecule has 2 heterocycles. The first-order valence-corrected chi connectivity index (χ1v) is 7.43. The van der Waals surface area contributed by atoms with Gasteiger partial charge < -0.3 is 9.80 Å². The number of aromatic nitrogens is 1. The van der Waals surface area contributed by atoms with Gasteiger partial charge in [-0.2, -0.15) is 13.2 Å². The summed E-state index contributed by atoms with van der Waals surface area (Å²) in [6.45, 7) is 4.47. The molecule has 1 unspecified atom stereocenters. The van der Waals surface area contributed by atoms with Crippen molar-refractivity contribution >= 4 is 11.7 Å². The number of piperazine rings is 1. The SMILES string of the molecule is CC(C(=O)N(C)C)N1CCN(c2ccc(C(F)(F)F)cn2)CC1. The lowest BCUT2D eigenvalue weighted by atomic mass is 10.2. The number of rotatable bonds is 3. The van der Waals surface area contributed by atoms with Crippen LogP contribution in [0, 0.1) is 0 Å². The van der Waals surface area contributed by atoms with Crippen LogP contribution in [0.4, 0.5) is 19.0 Å². The van der Waals surface area contributed by atoms with E-state index in [9.17, 15) is 18.0 Å². The summed E-state index contributed by atoms with van der Waals surface area (Å²) < 4.78 is 37.6. The number of pyridine rings is 1. The lowest BCUT2D eigenvalue weighted by molar-refractivity contribution is -0.137. The van der Waals surface area contributed by atoms with E-state index in [2.05, 4.69) is 9.88 Å². The number of likely N-dealkylation sites (N-methyl/N-ethyl adjacent to an activating group) is 1. The molecule has 0 aliphatic carbocycles. The van der Waals surface area contributed by atoms with Crippen molar-refractivity contribution in [2.45, 2.75) is 19.1 Å². The van der Waals surface area contributed by atoms with Crippen molar-refractivity contribution < 1.29 is 18.0 Å². The second kappa shape index (κ2) is 6.74. The molecule has 5 nitrogen and oxygen atoms in total. The Kier molecular flexibility index (Phi) is 5.13. The summed E-state index contributed by atoms with van der Waals surface area (Å²) in [6.07, 6.45) is -3.51. The first-order chi connectivity index (χ1) is 10.7. The molecule has 8 heteroatoms. The van der Waals surface area contributed by atoms with Gasteiger partial charge in [0.15, 0.2) is 0 Å². The van der Waals surface area contributed by atoms with Crippen LogP contribution in [0.3, 0.4) is 0 Å². The number of anilines is 1. The van der Waals surface area contributed by atoms with Crippen LogP contribution in [-0.4, -0.2) is 67.0 Å². The van der Waals surface area contributed by atoms with Gasteiger partial charge in [0.05, 0.1) is 11.6 Å². The van der Waals surface area contributed by atoms with E-state index in [1.165, 1.54) is 6.07 Å². The molecule has 0 N–H and O–H groups in total. The molecule has 1 amide bonds. The fourth-order valence-corrected chi connectivity index (χ4v) is 2.61. The first-order valence-electron chi connectivity index (χ1n) is 7.43. The predicted octanol–water partition coefficient (Wildman–Crippen LogP) is 1.70. The van der Waals surface area contributed by atoms with E-state index in [0.29, 0.717) is 32.0 Å². The van der Waals surface area contributed by atoms with E-state index in [0.717, 1.165) is 12.3 Å². The van der Waals surface area contributed by atoms with Gasteiger partial charge in [-0.05, 0) is 19.1 Å².